The molecular weight excluding hydrogens is 223 g/mol. The minimum atomic E-state index is -1.51. The molecule has 0 saturated carbocycles. The van der Waals surface area contributed by atoms with Gasteiger partial charge in [-0.2, -0.15) is 0 Å². The van der Waals surface area contributed by atoms with Crippen LogP contribution in [0.5, 0.6) is 11.5 Å². The molecule has 1 aromatic rings. The number of fused-ring (bicyclic) bond motifs is 1. The van der Waals surface area contributed by atoms with Crippen LogP contribution in [0.25, 0.3) is 0 Å². The van der Waals surface area contributed by atoms with E-state index in [1.54, 1.807) is 6.07 Å². The van der Waals surface area contributed by atoms with Crippen molar-refractivity contribution in [2.24, 2.45) is 0 Å². The quantitative estimate of drug-likeness (QED) is 0.743. The van der Waals surface area contributed by atoms with E-state index in [0.717, 1.165) is 0 Å². The van der Waals surface area contributed by atoms with Gasteiger partial charge in [-0.1, -0.05) is 0 Å². The van der Waals surface area contributed by atoms with E-state index in [1.165, 1.54) is 26.8 Å². The Morgan fingerprint density at radius 3 is 2.53 bits per heavy atom. The van der Waals surface area contributed by atoms with Gasteiger partial charge in [-0.25, -0.2) is 4.39 Å². The molecule has 1 heterocycles. The van der Waals surface area contributed by atoms with E-state index in [1.807, 2.05) is 0 Å². The molecule has 1 aromatic carbocycles. The van der Waals surface area contributed by atoms with Crippen molar-refractivity contribution in [1.29, 1.82) is 0 Å². The molecule has 0 unspecified atom stereocenters. The van der Waals surface area contributed by atoms with E-state index in [-0.39, 0.29) is 5.78 Å². The van der Waals surface area contributed by atoms with Gasteiger partial charge in [0.2, 0.25) is 0 Å². The van der Waals surface area contributed by atoms with Crippen molar-refractivity contribution in [2.45, 2.75) is 26.4 Å². The van der Waals surface area contributed by atoms with Crippen molar-refractivity contribution >= 4 is 5.78 Å². The second-order valence-corrected chi connectivity index (χ2v) is 4.58. The maximum atomic E-state index is 13.9. The minimum Gasteiger partial charge on any atom is -0.486 e. The lowest BCUT2D eigenvalue weighted by Gasteiger charge is -2.24. The number of halogens is 1. The summed E-state index contributed by atoms with van der Waals surface area (Å²) in [7, 11) is 0. The summed E-state index contributed by atoms with van der Waals surface area (Å²) in [4.78, 5) is 11.5. The van der Waals surface area contributed by atoms with Gasteiger partial charge < -0.3 is 9.47 Å². The number of ketones is 1. The van der Waals surface area contributed by atoms with Gasteiger partial charge in [-0.3, -0.25) is 4.79 Å². The molecule has 0 N–H and O–H groups in total. The number of hydrogen-bond acceptors (Lipinski definition) is 3. The molecule has 4 heteroatoms. The van der Waals surface area contributed by atoms with Crippen LogP contribution in [0.4, 0.5) is 4.39 Å². The van der Waals surface area contributed by atoms with Crippen LogP contribution in [0, 0.1) is 0 Å². The highest BCUT2D eigenvalue weighted by Gasteiger charge is 2.26. The Bertz CT molecular complexity index is 460. The Morgan fingerprint density at radius 2 is 1.94 bits per heavy atom. The highest BCUT2D eigenvalue weighted by Crippen LogP contribution is 2.39. The van der Waals surface area contributed by atoms with Crippen molar-refractivity contribution in [2.75, 3.05) is 13.2 Å². The molecule has 1 aliphatic heterocycles. The number of alkyl halides is 1. The molecule has 0 radical (unpaired) electrons. The highest BCUT2D eigenvalue weighted by molar-refractivity contribution is 5.98. The first-order chi connectivity index (χ1) is 7.89. The zero-order valence-corrected chi connectivity index (χ0v) is 10.2. The van der Waals surface area contributed by atoms with Crippen LogP contribution in [0.15, 0.2) is 12.1 Å². The van der Waals surface area contributed by atoms with Crippen LogP contribution in [-0.4, -0.2) is 19.0 Å². The van der Waals surface area contributed by atoms with Gasteiger partial charge in [0.15, 0.2) is 17.3 Å². The summed E-state index contributed by atoms with van der Waals surface area (Å²) in [5, 5.41) is 0. The number of Topliss-reactive ketones (excluding diaryl/α,β-unsaturated/α-hetero) is 1. The Balaban J connectivity index is 2.60. The third-order valence-electron chi connectivity index (χ3n) is 2.71. The van der Waals surface area contributed by atoms with Crippen LogP contribution in [0.1, 0.15) is 36.7 Å². The Morgan fingerprint density at radius 1 is 1.29 bits per heavy atom. The lowest BCUT2D eigenvalue weighted by atomic mass is 9.95. The van der Waals surface area contributed by atoms with Crippen molar-refractivity contribution in [3.05, 3.63) is 23.3 Å². The number of benzene rings is 1. The number of ether oxygens (including phenoxy) is 2. The van der Waals surface area contributed by atoms with Crippen molar-refractivity contribution in [1.82, 2.24) is 0 Å². The molecule has 0 saturated heterocycles. The third kappa shape index (κ3) is 2.25. The maximum Gasteiger partial charge on any atom is 0.172 e. The zero-order valence-electron chi connectivity index (χ0n) is 10.2. The number of rotatable bonds is 2. The summed E-state index contributed by atoms with van der Waals surface area (Å²) in [5.41, 5.74) is -0.713. The molecule has 0 aliphatic carbocycles. The smallest absolute Gasteiger partial charge is 0.172 e. The van der Waals surface area contributed by atoms with E-state index >= 15 is 0 Å². The van der Waals surface area contributed by atoms with Crippen LogP contribution in [-0.2, 0) is 5.67 Å². The summed E-state index contributed by atoms with van der Waals surface area (Å²) in [6.45, 7) is 5.15. The van der Waals surface area contributed by atoms with Crippen LogP contribution >= 0.6 is 0 Å². The van der Waals surface area contributed by atoms with Gasteiger partial charge >= 0.3 is 0 Å². The molecule has 0 bridgehead atoms. The van der Waals surface area contributed by atoms with Gasteiger partial charge in [0.1, 0.15) is 18.9 Å². The summed E-state index contributed by atoms with van der Waals surface area (Å²) >= 11 is 0. The predicted molar refractivity (Wildman–Crippen MR) is 61.6 cm³/mol. The fourth-order valence-electron chi connectivity index (χ4n) is 1.76. The summed E-state index contributed by atoms with van der Waals surface area (Å²) < 4.78 is 24.7. The summed E-state index contributed by atoms with van der Waals surface area (Å²) in [5.74, 6) is 0.722. The van der Waals surface area contributed by atoms with Crippen molar-refractivity contribution in [3.8, 4) is 11.5 Å². The molecule has 0 aromatic heterocycles. The average molecular weight is 238 g/mol. The molecule has 0 amide bonds. The molecule has 0 fully saturated rings. The summed E-state index contributed by atoms with van der Waals surface area (Å²) in [6.07, 6.45) is 0. The second-order valence-electron chi connectivity index (χ2n) is 4.58. The normalized spacial score (nSPS) is 14.6. The van der Waals surface area contributed by atoms with E-state index < -0.39 is 5.67 Å². The van der Waals surface area contributed by atoms with Gasteiger partial charge in [-0.15, -0.1) is 0 Å². The molecule has 0 atom stereocenters. The Hall–Kier alpha value is -1.58. The lowest BCUT2D eigenvalue weighted by Crippen LogP contribution is -2.19. The number of carbonyl (C=O) groups excluding carboxylic acids is 1. The van der Waals surface area contributed by atoms with Gasteiger partial charge in [-0.05, 0) is 38.5 Å². The van der Waals surface area contributed by atoms with Crippen LogP contribution in [0.2, 0.25) is 0 Å². The van der Waals surface area contributed by atoms with E-state index in [9.17, 15) is 9.18 Å². The predicted octanol–water partition coefficient (Wildman–Crippen LogP) is 2.87. The number of hydrogen-bond donors (Lipinski definition) is 0. The second kappa shape index (κ2) is 4.02. The van der Waals surface area contributed by atoms with E-state index in [2.05, 4.69) is 0 Å². The molecule has 92 valence electrons. The van der Waals surface area contributed by atoms with Gasteiger partial charge in [0, 0.05) is 0 Å². The molecular formula is C13H15FO3. The van der Waals surface area contributed by atoms with Crippen molar-refractivity contribution < 1.29 is 18.7 Å². The fourth-order valence-corrected chi connectivity index (χ4v) is 1.76. The topological polar surface area (TPSA) is 35.5 Å². The van der Waals surface area contributed by atoms with Crippen LogP contribution in [0.3, 0.4) is 0 Å². The lowest BCUT2D eigenvalue weighted by molar-refractivity contribution is 0.100. The van der Waals surface area contributed by atoms with Crippen molar-refractivity contribution in [3.63, 3.8) is 0 Å². The first-order valence-electron chi connectivity index (χ1n) is 5.53. The Labute approximate surface area is 99.5 Å². The molecule has 17 heavy (non-hydrogen) atoms. The fraction of sp³-hybridized carbons (Fsp3) is 0.462. The van der Waals surface area contributed by atoms with E-state index in [4.69, 9.17) is 9.47 Å². The van der Waals surface area contributed by atoms with Crippen LogP contribution < -0.4 is 9.47 Å². The first kappa shape index (κ1) is 11.9. The zero-order chi connectivity index (χ0) is 12.6. The standard InChI is InChI=1S/C13H15FO3/c1-8(15)10-6-9(13(2,3)14)7-11-12(10)17-5-4-16-11/h6-7H,4-5H2,1-3H3. The third-order valence-corrected chi connectivity index (χ3v) is 2.71. The maximum absolute atomic E-state index is 13.9. The van der Waals surface area contributed by atoms with Gasteiger partial charge in [0.05, 0.1) is 5.56 Å². The largest absolute Gasteiger partial charge is 0.486 e. The molecule has 2 rings (SSSR count). The number of carbonyl (C=O) groups is 1. The highest BCUT2D eigenvalue weighted by atomic mass is 19.1. The molecule has 3 nitrogen and oxygen atoms in total. The SMILES string of the molecule is CC(=O)c1cc(C(C)(C)F)cc2c1OCCO2. The summed E-state index contributed by atoms with van der Waals surface area (Å²) in [6, 6.07) is 3.14. The monoisotopic (exact) mass is 238 g/mol. The molecule has 1 aliphatic rings. The minimum absolute atomic E-state index is 0.155. The van der Waals surface area contributed by atoms with Gasteiger partial charge in [0.25, 0.3) is 0 Å². The average Bonchev–Trinajstić information content (AvgIpc) is 2.26. The molecule has 0 spiro atoms. The Kier molecular flexibility index (Phi) is 2.81. The van der Waals surface area contributed by atoms with E-state index in [0.29, 0.717) is 35.8 Å². The first-order valence-corrected chi connectivity index (χ1v) is 5.53.